The smallest absolute Gasteiger partial charge is 0.160 e. The summed E-state index contributed by atoms with van der Waals surface area (Å²) in [5, 5.41) is 0. The van der Waals surface area contributed by atoms with Crippen LogP contribution in [-0.4, -0.2) is 39.1 Å². The number of imidazole rings is 1. The second-order valence-corrected chi connectivity index (χ2v) is 6.58. The van der Waals surface area contributed by atoms with Crippen molar-refractivity contribution in [3.05, 3.63) is 22.6 Å². The van der Waals surface area contributed by atoms with Gasteiger partial charge in [-0.3, -0.25) is 0 Å². The maximum atomic E-state index is 6.06. The summed E-state index contributed by atoms with van der Waals surface area (Å²) in [6.07, 6.45) is 5.65. The van der Waals surface area contributed by atoms with Crippen LogP contribution < -0.4 is 0 Å². The third-order valence-electron chi connectivity index (χ3n) is 4.06. The van der Waals surface area contributed by atoms with E-state index in [0.29, 0.717) is 11.9 Å². The Balaban J connectivity index is 1.96. The van der Waals surface area contributed by atoms with Gasteiger partial charge >= 0.3 is 0 Å². The van der Waals surface area contributed by atoms with Crippen LogP contribution in [0.2, 0.25) is 0 Å². The van der Waals surface area contributed by atoms with E-state index in [9.17, 15) is 0 Å². The highest BCUT2D eigenvalue weighted by atomic mass is 79.9. The molecule has 1 aliphatic heterocycles. The van der Waals surface area contributed by atoms with Crippen molar-refractivity contribution in [3.63, 3.8) is 0 Å². The molecule has 0 spiro atoms. The van der Waals surface area contributed by atoms with Crippen LogP contribution in [0.5, 0.6) is 0 Å². The maximum absolute atomic E-state index is 6.06. The minimum absolute atomic E-state index is 0.421. The highest BCUT2D eigenvalue weighted by Gasteiger charge is 2.22. The zero-order chi connectivity index (χ0) is 14.1. The van der Waals surface area contributed by atoms with Gasteiger partial charge in [0.15, 0.2) is 5.65 Å². The van der Waals surface area contributed by atoms with Crippen LogP contribution in [-0.2, 0) is 12.4 Å². The summed E-state index contributed by atoms with van der Waals surface area (Å²) < 4.78 is 3.13. The molecule has 2 aromatic rings. The number of likely N-dealkylation sites (tertiary alicyclic amines) is 1. The number of pyridine rings is 1. The molecule has 2 aromatic heterocycles. The molecule has 0 aromatic carbocycles. The van der Waals surface area contributed by atoms with Gasteiger partial charge < -0.3 is 9.47 Å². The highest BCUT2D eigenvalue weighted by Crippen LogP contribution is 2.23. The van der Waals surface area contributed by atoms with E-state index >= 15 is 0 Å². The summed E-state index contributed by atoms with van der Waals surface area (Å²) in [5.74, 6) is 1.33. The summed E-state index contributed by atoms with van der Waals surface area (Å²) in [6, 6.07) is 2.55. The van der Waals surface area contributed by atoms with Gasteiger partial charge in [0.25, 0.3) is 0 Å². The third kappa shape index (κ3) is 2.71. The lowest BCUT2D eigenvalue weighted by Gasteiger charge is -2.33. The van der Waals surface area contributed by atoms with Gasteiger partial charge in [0, 0.05) is 23.3 Å². The molecule has 20 heavy (non-hydrogen) atoms. The number of alkyl halides is 1. The topological polar surface area (TPSA) is 34.0 Å². The molecule has 0 amide bonds. The van der Waals surface area contributed by atoms with E-state index in [1.165, 1.54) is 25.8 Å². The fourth-order valence-electron chi connectivity index (χ4n) is 2.91. The zero-order valence-electron chi connectivity index (χ0n) is 11.5. The Morgan fingerprint density at radius 2 is 2.30 bits per heavy atom. The molecule has 1 saturated heterocycles. The molecule has 0 N–H and O–H groups in total. The van der Waals surface area contributed by atoms with Crippen LogP contribution >= 0.6 is 27.5 Å². The van der Waals surface area contributed by atoms with Gasteiger partial charge in [-0.25, -0.2) is 9.97 Å². The Kier molecular flexibility index (Phi) is 4.29. The van der Waals surface area contributed by atoms with Crippen molar-refractivity contribution in [1.29, 1.82) is 0 Å². The molecule has 4 nitrogen and oxygen atoms in total. The minimum atomic E-state index is 0.421. The van der Waals surface area contributed by atoms with Crippen LogP contribution in [0.1, 0.15) is 25.1 Å². The number of halogens is 2. The van der Waals surface area contributed by atoms with Crippen molar-refractivity contribution in [2.75, 3.05) is 13.6 Å². The van der Waals surface area contributed by atoms with Crippen molar-refractivity contribution in [2.24, 2.45) is 0 Å². The number of aromatic nitrogens is 3. The van der Waals surface area contributed by atoms with Crippen molar-refractivity contribution in [3.8, 4) is 0 Å². The lowest BCUT2D eigenvalue weighted by atomic mass is 10.0. The van der Waals surface area contributed by atoms with Gasteiger partial charge in [-0.2, -0.15) is 0 Å². The molecule has 1 unspecified atom stereocenters. The van der Waals surface area contributed by atoms with Gasteiger partial charge in [-0.15, -0.1) is 11.6 Å². The molecule has 108 valence electrons. The summed E-state index contributed by atoms with van der Waals surface area (Å²) >= 11 is 9.50. The van der Waals surface area contributed by atoms with Crippen molar-refractivity contribution < 1.29 is 0 Å². The lowest BCUT2D eigenvalue weighted by Crippen LogP contribution is -2.39. The monoisotopic (exact) mass is 356 g/mol. The fraction of sp³-hybridized carbons (Fsp3) is 0.571. The Hall–Kier alpha value is -0.650. The summed E-state index contributed by atoms with van der Waals surface area (Å²) in [5.41, 5.74) is 1.84. The van der Waals surface area contributed by atoms with Gasteiger partial charge in [0.1, 0.15) is 11.3 Å². The Morgan fingerprint density at radius 3 is 3.05 bits per heavy atom. The average molecular weight is 358 g/mol. The minimum Gasteiger partial charge on any atom is -0.310 e. The van der Waals surface area contributed by atoms with E-state index in [1.807, 2.05) is 12.3 Å². The van der Waals surface area contributed by atoms with Crippen LogP contribution in [0.3, 0.4) is 0 Å². The molecule has 0 bridgehead atoms. The molecular weight excluding hydrogens is 340 g/mol. The Morgan fingerprint density at radius 1 is 1.45 bits per heavy atom. The molecule has 1 fully saturated rings. The molecule has 0 radical (unpaired) electrons. The number of rotatable bonds is 3. The fourth-order valence-corrected chi connectivity index (χ4v) is 3.44. The van der Waals surface area contributed by atoms with Crippen LogP contribution in [0.4, 0.5) is 0 Å². The van der Waals surface area contributed by atoms with E-state index in [2.05, 4.69) is 42.4 Å². The molecule has 3 heterocycles. The predicted octanol–water partition coefficient (Wildman–Crippen LogP) is 3.42. The van der Waals surface area contributed by atoms with Gasteiger partial charge in [-0.05, 0) is 48.4 Å². The molecule has 1 aliphatic rings. The highest BCUT2D eigenvalue weighted by molar-refractivity contribution is 9.10. The normalized spacial score (nSPS) is 20.6. The summed E-state index contributed by atoms with van der Waals surface area (Å²) in [6.45, 7) is 2.09. The third-order valence-corrected chi connectivity index (χ3v) is 4.74. The molecule has 3 rings (SSSR count). The van der Waals surface area contributed by atoms with Crippen LogP contribution in [0.25, 0.3) is 11.2 Å². The summed E-state index contributed by atoms with van der Waals surface area (Å²) in [4.78, 5) is 11.6. The number of hydrogen-bond acceptors (Lipinski definition) is 3. The number of likely N-dealkylation sites (N-methyl/N-ethyl adjacent to an activating group) is 1. The average Bonchev–Trinajstić information content (AvgIpc) is 2.78. The quantitative estimate of drug-likeness (QED) is 0.789. The first-order valence-electron chi connectivity index (χ1n) is 6.96. The number of hydrogen-bond donors (Lipinski definition) is 0. The Bertz CT molecular complexity index is 612. The standard InChI is InChI=1S/C14H18BrClN4/c1-19-5-3-2-4-11(19)9-20-13(7-16)18-12-6-10(15)8-17-14(12)20/h6,8,11H,2-5,7,9H2,1H3. The maximum Gasteiger partial charge on any atom is 0.160 e. The summed E-state index contributed by atoms with van der Waals surface area (Å²) in [7, 11) is 2.20. The van der Waals surface area contributed by atoms with E-state index in [0.717, 1.165) is 28.0 Å². The van der Waals surface area contributed by atoms with E-state index in [4.69, 9.17) is 11.6 Å². The lowest BCUT2D eigenvalue weighted by molar-refractivity contribution is 0.167. The van der Waals surface area contributed by atoms with Crippen molar-refractivity contribution in [1.82, 2.24) is 19.4 Å². The van der Waals surface area contributed by atoms with Gasteiger partial charge in [0.05, 0.1) is 5.88 Å². The molecule has 0 aliphatic carbocycles. The number of nitrogens with zero attached hydrogens (tertiary/aromatic N) is 4. The molecule has 6 heteroatoms. The first kappa shape index (κ1) is 14.3. The number of piperidine rings is 1. The van der Waals surface area contributed by atoms with Gasteiger partial charge in [-0.1, -0.05) is 6.42 Å². The molecular formula is C14H18BrClN4. The SMILES string of the molecule is CN1CCCCC1Cn1c(CCl)nc2cc(Br)cnc21. The van der Waals surface area contributed by atoms with E-state index < -0.39 is 0 Å². The molecule has 1 atom stereocenters. The largest absolute Gasteiger partial charge is 0.310 e. The molecule has 0 saturated carbocycles. The first-order chi connectivity index (χ1) is 9.69. The first-order valence-corrected chi connectivity index (χ1v) is 8.28. The second-order valence-electron chi connectivity index (χ2n) is 5.40. The van der Waals surface area contributed by atoms with Crippen LogP contribution in [0.15, 0.2) is 16.7 Å². The van der Waals surface area contributed by atoms with E-state index in [-0.39, 0.29) is 0 Å². The van der Waals surface area contributed by atoms with Gasteiger partial charge in [0.2, 0.25) is 0 Å². The van der Waals surface area contributed by atoms with E-state index in [1.54, 1.807) is 0 Å². The van der Waals surface area contributed by atoms with Crippen LogP contribution in [0, 0.1) is 0 Å². The Labute approximate surface area is 132 Å². The number of fused-ring (bicyclic) bond motifs is 1. The second kappa shape index (κ2) is 6.00. The van der Waals surface area contributed by atoms with Crippen molar-refractivity contribution >= 4 is 38.7 Å². The van der Waals surface area contributed by atoms with Crippen molar-refractivity contribution in [2.45, 2.75) is 37.7 Å². The predicted molar refractivity (Wildman–Crippen MR) is 85.1 cm³/mol. The zero-order valence-corrected chi connectivity index (χ0v) is 13.9.